The molecule has 2 atom stereocenters. The quantitative estimate of drug-likeness (QED) is 0.893. The smallest absolute Gasteiger partial charge is 0.123 e. The summed E-state index contributed by atoms with van der Waals surface area (Å²) in [5, 5.41) is 12.3. The molecule has 1 fully saturated rings. The van der Waals surface area contributed by atoms with Crippen LogP contribution in [-0.2, 0) is 11.3 Å². The summed E-state index contributed by atoms with van der Waals surface area (Å²) < 4.78 is 18.6. The largest absolute Gasteiger partial charge is 0.378 e. The fourth-order valence-corrected chi connectivity index (χ4v) is 2.26. The summed E-state index contributed by atoms with van der Waals surface area (Å²) in [6.45, 7) is 3.34. The lowest BCUT2D eigenvalue weighted by molar-refractivity contribution is 0.0130. The maximum absolute atomic E-state index is 13.2. The Bertz CT molecular complexity index is 456. The Morgan fingerprint density at radius 2 is 2.39 bits per heavy atom. The predicted octanol–water partition coefficient (Wildman–Crippen LogP) is 2.35. The Balaban J connectivity index is 1.97. The van der Waals surface area contributed by atoms with E-state index < -0.39 is 0 Å². The minimum Gasteiger partial charge on any atom is -0.378 e. The predicted molar refractivity (Wildman–Crippen MR) is 66.4 cm³/mol. The van der Waals surface area contributed by atoms with Crippen molar-refractivity contribution in [2.45, 2.75) is 38.5 Å². The van der Waals surface area contributed by atoms with Crippen LogP contribution in [0, 0.1) is 17.1 Å². The van der Waals surface area contributed by atoms with Crippen molar-refractivity contribution in [3.8, 4) is 6.07 Å². The Labute approximate surface area is 107 Å². The molecule has 4 heteroatoms. The lowest BCUT2D eigenvalue weighted by atomic mass is 10.0. The third-order valence-electron chi connectivity index (χ3n) is 3.25. The first-order valence-corrected chi connectivity index (χ1v) is 6.22. The number of nitrogens with one attached hydrogen (secondary N) is 1. The van der Waals surface area contributed by atoms with Crippen LogP contribution in [0.1, 0.15) is 30.9 Å². The molecule has 2 rings (SSSR count). The highest BCUT2D eigenvalue weighted by atomic mass is 19.1. The van der Waals surface area contributed by atoms with E-state index in [1.165, 1.54) is 18.2 Å². The van der Waals surface area contributed by atoms with Crippen molar-refractivity contribution >= 4 is 0 Å². The Hall–Kier alpha value is -1.44. The van der Waals surface area contributed by atoms with Gasteiger partial charge in [-0.15, -0.1) is 0 Å². The SMILES string of the molecule is CC1CC(NCc2cc(F)ccc2C#N)CCO1. The molecule has 1 aromatic carbocycles. The molecular weight excluding hydrogens is 231 g/mol. The lowest BCUT2D eigenvalue weighted by Crippen LogP contribution is -2.37. The van der Waals surface area contributed by atoms with Crippen molar-refractivity contribution in [2.24, 2.45) is 0 Å². The van der Waals surface area contributed by atoms with E-state index in [1.807, 2.05) is 0 Å². The van der Waals surface area contributed by atoms with Gasteiger partial charge in [0.05, 0.1) is 17.7 Å². The molecular formula is C14H17FN2O. The van der Waals surface area contributed by atoms with Crippen LogP contribution in [0.15, 0.2) is 18.2 Å². The summed E-state index contributed by atoms with van der Waals surface area (Å²) in [6, 6.07) is 6.74. The number of halogens is 1. The molecule has 0 bridgehead atoms. The third kappa shape index (κ3) is 3.28. The van der Waals surface area contributed by atoms with Crippen LogP contribution in [-0.4, -0.2) is 18.8 Å². The normalized spacial score (nSPS) is 23.6. The first kappa shape index (κ1) is 13.0. The van der Waals surface area contributed by atoms with Gasteiger partial charge in [0, 0.05) is 19.2 Å². The van der Waals surface area contributed by atoms with Crippen molar-refractivity contribution in [3.05, 3.63) is 35.1 Å². The van der Waals surface area contributed by atoms with Crippen molar-refractivity contribution in [1.29, 1.82) is 5.26 Å². The average molecular weight is 248 g/mol. The molecule has 0 amide bonds. The number of ether oxygens (including phenoxy) is 1. The molecule has 18 heavy (non-hydrogen) atoms. The molecule has 0 aliphatic carbocycles. The van der Waals surface area contributed by atoms with Crippen molar-refractivity contribution < 1.29 is 9.13 Å². The summed E-state index contributed by atoms with van der Waals surface area (Å²) in [6.07, 6.45) is 2.18. The minimum absolute atomic E-state index is 0.263. The number of hydrogen-bond donors (Lipinski definition) is 1. The van der Waals surface area contributed by atoms with Crippen molar-refractivity contribution in [1.82, 2.24) is 5.32 Å². The van der Waals surface area contributed by atoms with Crippen molar-refractivity contribution in [2.75, 3.05) is 6.61 Å². The second-order valence-corrected chi connectivity index (χ2v) is 4.70. The maximum Gasteiger partial charge on any atom is 0.123 e. The van der Waals surface area contributed by atoms with Crippen LogP contribution in [0.3, 0.4) is 0 Å². The van der Waals surface area contributed by atoms with Crippen LogP contribution in [0.25, 0.3) is 0 Å². The standard InChI is InChI=1S/C14H17FN2O/c1-10-6-14(4-5-18-10)17-9-12-7-13(15)3-2-11(12)8-16/h2-3,7,10,14,17H,4-6,9H2,1H3. The summed E-state index contributed by atoms with van der Waals surface area (Å²) in [5.74, 6) is -0.300. The molecule has 0 radical (unpaired) electrons. The van der Waals surface area contributed by atoms with Gasteiger partial charge in [-0.25, -0.2) is 4.39 Å². The number of nitrogens with zero attached hydrogens (tertiary/aromatic N) is 1. The molecule has 2 unspecified atom stereocenters. The third-order valence-corrected chi connectivity index (χ3v) is 3.25. The van der Waals surface area contributed by atoms with E-state index >= 15 is 0 Å². The van der Waals surface area contributed by atoms with Crippen LogP contribution < -0.4 is 5.32 Å². The molecule has 0 spiro atoms. The van der Waals surface area contributed by atoms with Gasteiger partial charge in [-0.3, -0.25) is 0 Å². The topological polar surface area (TPSA) is 45.0 Å². The van der Waals surface area contributed by atoms with Crippen LogP contribution >= 0.6 is 0 Å². The van der Waals surface area contributed by atoms with Crippen LogP contribution in [0.5, 0.6) is 0 Å². The van der Waals surface area contributed by atoms with E-state index in [9.17, 15) is 4.39 Å². The monoisotopic (exact) mass is 248 g/mol. The Kier molecular flexibility index (Phi) is 4.29. The van der Waals surface area contributed by atoms with E-state index in [0.717, 1.165) is 25.0 Å². The van der Waals surface area contributed by atoms with Crippen LogP contribution in [0.4, 0.5) is 4.39 Å². The second-order valence-electron chi connectivity index (χ2n) is 4.70. The van der Waals surface area contributed by atoms with Crippen LogP contribution in [0.2, 0.25) is 0 Å². The highest BCUT2D eigenvalue weighted by molar-refractivity contribution is 5.37. The van der Waals surface area contributed by atoms with Gasteiger partial charge < -0.3 is 10.1 Å². The number of rotatable bonds is 3. The lowest BCUT2D eigenvalue weighted by Gasteiger charge is -2.28. The summed E-state index contributed by atoms with van der Waals surface area (Å²) in [4.78, 5) is 0. The zero-order chi connectivity index (χ0) is 13.0. The van der Waals surface area contributed by atoms with Gasteiger partial charge in [0.15, 0.2) is 0 Å². The Morgan fingerprint density at radius 1 is 1.56 bits per heavy atom. The molecule has 1 aromatic rings. The number of hydrogen-bond acceptors (Lipinski definition) is 3. The second kappa shape index (κ2) is 5.94. The summed E-state index contributed by atoms with van der Waals surface area (Å²) >= 11 is 0. The summed E-state index contributed by atoms with van der Waals surface area (Å²) in [7, 11) is 0. The average Bonchev–Trinajstić information content (AvgIpc) is 2.37. The number of benzene rings is 1. The highest BCUT2D eigenvalue weighted by Crippen LogP contribution is 2.15. The van der Waals surface area contributed by atoms with E-state index in [1.54, 1.807) is 0 Å². The molecule has 0 saturated carbocycles. The van der Waals surface area contributed by atoms with Gasteiger partial charge in [0.25, 0.3) is 0 Å². The number of nitriles is 1. The highest BCUT2D eigenvalue weighted by Gasteiger charge is 2.18. The molecule has 3 nitrogen and oxygen atoms in total. The van der Waals surface area contributed by atoms with E-state index in [2.05, 4.69) is 18.3 Å². The molecule has 1 saturated heterocycles. The van der Waals surface area contributed by atoms with Gasteiger partial charge in [0.1, 0.15) is 5.82 Å². The fraction of sp³-hybridized carbons (Fsp3) is 0.500. The van der Waals surface area contributed by atoms with Gasteiger partial charge in [-0.2, -0.15) is 5.26 Å². The fourth-order valence-electron chi connectivity index (χ4n) is 2.26. The van der Waals surface area contributed by atoms with E-state index in [4.69, 9.17) is 10.00 Å². The molecule has 1 aliphatic heterocycles. The van der Waals surface area contributed by atoms with Gasteiger partial charge in [-0.1, -0.05) is 0 Å². The molecule has 1 N–H and O–H groups in total. The van der Waals surface area contributed by atoms with E-state index in [-0.39, 0.29) is 11.9 Å². The summed E-state index contributed by atoms with van der Waals surface area (Å²) in [5.41, 5.74) is 1.25. The molecule has 1 heterocycles. The molecule has 0 aromatic heterocycles. The van der Waals surface area contributed by atoms with E-state index in [0.29, 0.717) is 18.2 Å². The van der Waals surface area contributed by atoms with Gasteiger partial charge in [-0.05, 0) is 43.5 Å². The first-order valence-electron chi connectivity index (χ1n) is 6.22. The molecule has 1 aliphatic rings. The Morgan fingerprint density at radius 3 is 3.11 bits per heavy atom. The first-order chi connectivity index (χ1) is 8.69. The molecule has 96 valence electrons. The van der Waals surface area contributed by atoms with Gasteiger partial charge in [0.2, 0.25) is 0 Å². The van der Waals surface area contributed by atoms with Crippen molar-refractivity contribution in [3.63, 3.8) is 0 Å². The minimum atomic E-state index is -0.300. The maximum atomic E-state index is 13.2. The zero-order valence-electron chi connectivity index (χ0n) is 10.4. The van der Waals surface area contributed by atoms with Gasteiger partial charge >= 0.3 is 0 Å². The zero-order valence-corrected chi connectivity index (χ0v) is 10.4.